The summed E-state index contributed by atoms with van der Waals surface area (Å²) in [5.41, 5.74) is 9.02. The SMILES string of the molecule is Cc1ncsc1CN(C)S(=O)(=O)c1ccc(CN)cc1Br. The van der Waals surface area contributed by atoms with E-state index in [1.165, 1.54) is 15.6 Å². The molecule has 0 aliphatic heterocycles. The minimum Gasteiger partial charge on any atom is -0.326 e. The van der Waals surface area contributed by atoms with Gasteiger partial charge in [0.15, 0.2) is 0 Å². The Morgan fingerprint density at radius 1 is 1.43 bits per heavy atom. The highest BCUT2D eigenvalue weighted by Crippen LogP contribution is 2.27. The first-order valence-corrected chi connectivity index (χ1v) is 9.31. The van der Waals surface area contributed by atoms with Gasteiger partial charge in [-0.05, 0) is 40.5 Å². The molecule has 21 heavy (non-hydrogen) atoms. The largest absolute Gasteiger partial charge is 0.326 e. The van der Waals surface area contributed by atoms with Crippen molar-refractivity contribution in [3.63, 3.8) is 0 Å². The summed E-state index contributed by atoms with van der Waals surface area (Å²) in [5.74, 6) is 0. The Bertz CT molecular complexity index is 744. The minimum absolute atomic E-state index is 0.240. The lowest BCUT2D eigenvalue weighted by Gasteiger charge is -2.18. The number of nitrogens with two attached hydrogens (primary N) is 1. The molecule has 0 saturated carbocycles. The van der Waals surface area contributed by atoms with Crippen molar-refractivity contribution in [3.8, 4) is 0 Å². The number of hydrogen-bond donors (Lipinski definition) is 1. The van der Waals surface area contributed by atoms with Crippen molar-refractivity contribution < 1.29 is 8.42 Å². The number of nitrogens with zero attached hydrogens (tertiary/aromatic N) is 2. The highest BCUT2D eigenvalue weighted by molar-refractivity contribution is 9.10. The number of benzene rings is 1. The fraction of sp³-hybridized carbons (Fsp3) is 0.308. The molecule has 0 amide bonds. The lowest BCUT2D eigenvalue weighted by molar-refractivity contribution is 0.468. The van der Waals surface area contributed by atoms with Crippen molar-refractivity contribution in [1.82, 2.24) is 9.29 Å². The van der Waals surface area contributed by atoms with Crippen molar-refractivity contribution in [1.29, 1.82) is 0 Å². The molecular weight excluding hydrogens is 374 g/mol. The molecule has 1 aromatic heterocycles. The van der Waals surface area contributed by atoms with Crippen LogP contribution in [-0.4, -0.2) is 24.8 Å². The van der Waals surface area contributed by atoms with E-state index in [9.17, 15) is 8.42 Å². The lowest BCUT2D eigenvalue weighted by atomic mass is 10.2. The van der Waals surface area contributed by atoms with Crippen molar-refractivity contribution >= 4 is 37.3 Å². The average Bonchev–Trinajstić information content (AvgIpc) is 2.83. The molecule has 0 spiro atoms. The maximum absolute atomic E-state index is 12.6. The smallest absolute Gasteiger partial charge is 0.244 e. The van der Waals surface area contributed by atoms with E-state index in [-0.39, 0.29) is 4.90 Å². The predicted octanol–water partition coefficient (Wildman–Crippen LogP) is 2.49. The van der Waals surface area contributed by atoms with Gasteiger partial charge in [-0.3, -0.25) is 0 Å². The second kappa shape index (κ2) is 6.53. The quantitative estimate of drug-likeness (QED) is 0.851. The molecule has 0 unspecified atom stereocenters. The fourth-order valence-electron chi connectivity index (χ4n) is 1.81. The van der Waals surface area contributed by atoms with Crippen molar-refractivity contribution in [2.75, 3.05) is 7.05 Å². The van der Waals surface area contributed by atoms with Gasteiger partial charge in [0.2, 0.25) is 10.0 Å². The number of aryl methyl sites for hydroxylation is 1. The molecule has 0 aliphatic carbocycles. The van der Waals surface area contributed by atoms with E-state index in [0.29, 0.717) is 17.6 Å². The Kier molecular flexibility index (Phi) is 5.15. The second-order valence-corrected chi connectivity index (χ2v) is 8.40. The van der Waals surface area contributed by atoms with E-state index in [0.717, 1.165) is 16.1 Å². The van der Waals surface area contributed by atoms with Gasteiger partial charge < -0.3 is 5.73 Å². The van der Waals surface area contributed by atoms with Gasteiger partial charge in [0.1, 0.15) is 0 Å². The number of sulfonamides is 1. The predicted molar refractivity (Wildman–Crippen MR) is 87.5 cm³/mol. The van der Waals surface area contributed by atoms with E-state index in [1.807, 2.05) is 6.92 Å². The van der Waals surface area contributed by atoms with E-state index in [2.05, 4.69) is 20.9 Å². The highest BCUT2D eigenvalue weighted by atomic mass is 79.9. The zero-order valence-corrected chi connectivity index (χ0v) is 14.9. The average molecular weight is 390 g/mol. The van der Waals surface area contributed by atoms with E-state index >= 15 is 0 Å². The Balaban J connectivity index is 2.31. The Hall–Kier alpha value is -0.800. The van der Waals surface area contributed by atoms with Gasteiger partial charge in [-0.25, -0.2) is 13.4 Å². The first-order chi connectivity index (χ1) is 9.86. The molecule has 0 fully saturated rings. The molecule has 0 saturated heterocycles. The van der Waals surface area contributed by atoms with Crippen LogP contribution in [0.15, 0.2) is 33.1 Å². The van der Waals surface area contributed by atoms with Crippen LogP contribution in [0.4, 0.5) is 0 Å². The van der Waals surface area contributed by atoms with Crippen LogP contribution in [0.3, 0.4) is 0 Å². The van der Waals surface area contributed by atoms with Crippen LogP contribution in [0.2, 0.25) is 0 Å². The maximum Gasteiger partial charge on any atom is 0.244 e. The normalized spacial score (nSPS) is 12.0. The Labute approximate surface area is 137 Å². The van der Waals surface area contributed by atoms with Crippen LogP contribution in [0.25, 0.3) is 0 Å². The standard InChI is InChI=1S/C13H16BrN3O2S2/c1-9-12(20-8-16-9)7-17(2)21(18,19)13-4-3-10(6-15)5-11(13)14/h3-5,8H,6-7,15H2,1-2H3. The number of aromatic nitrogens is 1. The van der Waals surface area contributed by atoms with E-state index in [1.54, 1.807) is 30.8 Å². The summed E-state index contributed by atoms with van der Waals surface area (Å²) in [7, 11) is -2.00. The van der Waals surface area contributed by atoms with Crippen LogP contribution >= 0.6 is 27.3 Å². The molecule has 5 nitrogen and oxygen atoms in total. The monoisotopic (exact) mass is 389 g/mol. The lowest BCUT2D eigenvalue weighted by Crippen LogP contribution is -2.26. The Morgan fingerprint density at radius 2 is 2.14 bits per heavy atom. The molecule has 8 heteroatoms. The number of halogens is 1. The summed E-state index contributed by atoms with van der Waals surface area (Å²) >= 11 is 4.77. The van der Waals surface area contributed by atoms with Crippen molar-refractivity contribution in [2.24, 2.45) is 5.73 Å². The molecule has 1 heterocycles. The van der Waals surface area contributed by atoms with Gasteiger partial charge >= 0.3 is 0 Å². The van der Waals surface area contributed by atoms with Crippen LogP contribution in [0.1, 0.15) is 16.1 Å². The molecule has 2 N–H and O–H groups in total. The molecule has 0 bridgehead atoms. The highest BCUT2D eigenvalue weighted by Gasteiger charge is 2.24. The van der Waals surface area contributed by atoms with Gasteiger partial charge in [0.25, 0.3) is 0 Å². The number of rotatable bonds is 5. The van der Waals surface area contributed by atoms with E-state index < -0.39 is 10.0 Å². The van der Waals surface area contributed by atoms with Crippen LogP contribution in [-0.2, 0) is 23.1 Å². The zero-order chi connectivity index (χ0) is 15.6. The third-order valence-electron chi connectivity index (χ3n) is 3.13. The topological polar surface area (TPSA) is 76.3 Å². The van der Waals surface area contributed by atoms with Gasteiger partial charge in [0.05, 0.1) is 16.1 Å². The summed E-state index contributed by atoms with van der Waals surface area (Å²) < 4.78 is 27.1. The van der Waals surface area contributed by atoms with Gasteiger partial charge in [0, 0.05) is 29.5 Å². The van der Waals surface area contributed by atoms with Crippen LogP contribution < -0.4 is 5.73 Å². The molecule has 2 aromatic rings. The Morgan fingerprint density at radius 3 is 2.67 bits per heavy atom. The molecule has 2 rings (SSSR count). The van der Waals surface area contributed by atoms with Gasteiger partial charge in [-0.1, -0.05) is 6.07 Å². The molecule has 0 aliphatic rings. The zero-order valence-electron chi connectivity index (χ0n) is 11.7. The maximum atomic E-state index is 12.6. The molecular formula is C13H16BrN3O2S2. The van der Waals surface area contributed by atoms with Gasteiger partial charge in [-0.15, -0.1) is 11.3 Å². The summed E-state index contributed by atoms with van der Waals surface area (Å²) in [4.78, 5) is 5.32. The summed E-state index contributed by atoms with van der Waals surface area (Å²) in [6, 6.07) is 5.04. The number of hydrogen-bond acceptors (Lipinski definition) is 5. The number of thiazole rings is 1. The third kappa shape index (κ3) is 3.51. The van der Waals surface area contributed by atoms with E-state index in [4.69, 9.17) is 5.73 Å². The van der Waals surface area contributed by atoms with Crippen LogP contribution in [0, 0.1) is 6.92 Å². The summed E-state index contributed by atoms with van der Waals surface area (Å²) in [6.07, 6.45) is 0. The van der Waals surface area contributed by atoms with Crippen molar-refractivity contribution in [3.05, 3.63) is 44.3 Å². The third-order valence-corrected chi connectivity index (χ3v) is 6.83. The summed E-state index contributed by atoms with van der Waals surface area (Å²) in [6.45, 7) is 2.55. The van der Waals surface area contributed by atoms with Gasteiger partial charge in [-0.2, -0.15) is 4.31 Å². The molecule has 0 atom stereocenters. The molecule has 114 valence electrons. The van der Waals surface area contributed by atoms with Crippen LogP contribution in [0.5, 0.6) is 0 Å². The summed E-state index contributed by atoms with van der Waals surface area (Å²) in [5, 5.41) is 0. The molecule has 0 radical (unpaired) electrons. The van der Waals surface area contributed by atoms with Crippen molar-refractivity contribution in [2.45, 2.75) is 24.9 Å². The minimum atomic E-state index is -3.56. The first kappa shape index (κ1) is 16.6. The first-order valence-electron chi connectivity index (χ1n) is 6.20. The second-order valence-electron chi connectivity index (χ2n) is 4.59. The molecule has 1 aromatic carbocycles. The fourth-order valence-corrected chi connectivity index (χ4v) is 4.94.